The monoisotopic (exact) mass is 490 g/mol. The highest BCUT2D eigenvalue weighted by molar-refractivity contribution is 7.15. The van der Waals surface area contributed by atoms with Crippen molar-refractivity contribution in [3.63, 3.8) is 0 Å². The summed E-state index contributed by atoms with van der Waals surface area (Å²) >= 11 is 7.48. The van der Waals surface area contributed by atoms with Crippen LogP contribution in [0.1, 0.15) is 22.8 Å². The Bertz CT molecular complexity index is 1500. The third kappa shape index (κ3) is 4.35. The molecule has 1 N–H and O–H groups in total. The number of ether oxygens (including phenoxy) is 1. The summed E-state index contributed by atoms with van der Waals surface area (Å²) in [4.78, 5) is 26.8. The number of halogens is 1. The van der Waals surface area contributed by atoms with Gasteiger partial charge in [-0.3, -0.25) is 0 Å². The number of nitrogens with one attached hydrogen (secondary N) is 1. The zero-order valence-electron chi connectivity index (χ0n) is 18.3. The van der Waals surface area contributed by atoms with Gasteiger partial charge in [0.1, 0.15) is 5.56 Å². The van der Waals surface area contributed by atoms with Crippen molar-refractivity contribution in [1.82, 2.24) is 24.6 Å². The second-order valence-electron chi connectivity index (χ2n) is 7.43. The number of carbonyl (C=O) groups excluding carboxylic acids is 1. The lowest BCUT2D eigenvalue weighted by Crippen LogP contribution is -2.11. The molecular weight excluding hydrogens is 472 g/mol. The quantitative estimate of drug-likeness (QED) is 0.301. The largest absolute Gasteiger partial charge is 0.462 e. The average molecular weight is 491 g/mol. The Labute approximate surface area is 204 Å². The van der Waals surface area contributed by atoms with E-state index in [0.717, 1.165) is 22.4 Å². The van der Waals surface area contributed by atoms with Crippen LogP contribution in [0, 0.1) is 6.92 Å². The molecule has 0 saturated heterocycles. The van der Waals surface area contributed by atoms with Crippen LogP contribution in [0.25, 0.3) is 27.6 Å². The number of rotatable bonds is 6. The lowest BCUT2D eigenvalue weighted by atomic mass is 10.1. The van der Waals surface area contributed by atoms with Gasteiger partial charge in [-0.2, -0.15) is 4.98 Å². The molecule has 0 amide bonds. The van der Waals surface area contributed by atoms with Crippen LogP contribution in [0.2, 0.25) is 5.02 Å². The molecule has 5 rings (SSSR count). The lowest BCUT2D eigenvalue weighted by Gasteiger charge is -2.10. The summed E-state index contributed by atoms with van der Waals surface area (Å²) in [5.41, 5.74) is 3.96. The molecule has 2 aromatic carbocycles. The predicted molar refractivity (Wildman–Crippen MR) is 133 cm³/mol. The van der Waals surface area contributed by atoms with Gasteiger partial charge in [0.25, 0.3) is 0 Å². The number of aromatic nitrogens is 5. The SMILES string of the molecule is CCOC(=O)c1cnc(-c2cccc(C)c2)nc1Nc1nc2scc(-c3ccc(Cl)cc3)n2n1. The highest BCUT2D eigenvalue weighted by Gasteiger charge is 2.19. The van der Waals surface area contributed by atoms with E-state index < -0.39 is 5.97 Å². The molecular formula is C24H19ClN6O2S. The molecule has 170 valence electrons. The van der Waals surface area contributed by atoms with E-state index in [0.29, 0.717) is 21.8 Å². The van der Waals surface area contributed by atoms with Crippen LogP contribution in [0.15, 0.2) is 60.1 Å². The minimum atomic E-state index is -0.524. The number of hydrogen-bond acceptors (Lipinski definition) is 8. The van der Waals surface area contributed by atoms with Crippen LogP contribution in [0.4, 0.5) is 11.8 Å². The molecule has 0 atom stereocenters. The Hall–Kier alpha value is -3.82. The second-order valence-corrected chi connectivity index (χ2v) is 8.70. The molecule has 0 aliphatic heterocycles. The summed E-state index contributed by atoms with van der Waals surface area (Å²) in [6, 6.07) is 15.3. The number of hydrogen-bond donors (Lipinski definition) is 1. The summed E-state index contributed by atoms with van der Waals surface area (Å²) < 4.78 is 6.93. The van der Waals surface area contributed by atoms with E-state index in [4.69, 9.17) is 16.3 Å². The second kappa shape index (κ2) is 9.20. The molecule has 5 aromatic rings. The minimum absolute atomic E-state index is 0.203. The number of nitrogens with zero attached hydrogens (tertiary/aromatic N) is 5. The van der Waals surface area contributed by atoms with E-state index >= 15 is 0 Å². The molecule has 34 heavy (non-hydrogen) atoms. The highest BCUT2D eigenvalue weighted by Crippen LogP contribution is 2.28. The first-order chi connectivity index (χ1) is 16.5. The maximum absolute atomic E-state index is 12.5. The van der Waals surface area contributed by atoms with Gasteiger partial charge in [-0.05, 0) is 32.0 Å². The Morgan fingerprint density at radius 3 is 2.74 bits per heavy atom. The van der Waals surface area contributed by atoms with Crippen LogP contribution in [-0.2, 0) is 4.74 Å². The van der Waals surface area contributed by atoms with E-state index in [1.54, 1.807) is 11.4 Å². The summed E-state index contributed by atoms with van der Waals surface area (Å²) in [7, 11) is 0. The molecule has 0 radical (unpaired) electrons. The zero-order chi connectivity index (χ0) is 23.7. The van der Waals surface area contributed by atoms with Crippen LogP contribution in [0.3, 0.4) is 0 Å². The topological polar surface area (TPSA) is 94.3 Å². The fraction of sp³-hybridized carbons (Fsp3) is 0.125. The number of aryl methyl sites for hydroxylation is 1. The van der Waals surface area contributed by atoms with Crippen LogP contribution in [-0.4, -0.2) is 37.1 Å². The normalized spacial score (nSPS) is 11.0. The molecule has 8 nitrogen and oxygen atoms in total. The van der Waals surface area contributed by atoms with Crippen molar-refractivity contribution in [1.29, 1.82) is 0 Å². The van der Waals surface area contributed by atoms with Gasteiger partial charge in [0.05, 0.1) is 12.3 Å². The number of benzene rings is 2. The van der Waals surface area contributed by atoms with E-state index in [1.807, 2.05) is 60.8 Å². The van der Waals surface area contributed by atoms with Crippen LogP contribution in [0.5, 0.6) is 0 Å². The highest BCUT2D eigenvalue weighted by atomic mass is 35.5. The van der Waals surface area contributed by atoms with Crippen molar-refractivity contribution in [2.24, 2.45) is 0 Å². The van der Waals surface area contributed by atoms with Crippen molar-refractivity contribution >= 4 is 45.6 Å². The van der Waals surface area contributed by atoms with Crippen molar-refractivity contribution in [3.05, 3.63) is 76.3 Å². The van der Waals surface area contributed by atoms with Crippen LogP contribution >= 0.6 is 22.9 Å². The van der Waals surface area contributed by atoms with Gasteiger partial charge in [-0.25, -0.2) is 19.3 Å². The van der Waals surface area contributed by atoms with E-state index in [9.17, 15) is 4.79 Å². The zero-order valence-corrected chi connectivity index (χ0v) is 19.9. The fourth-order valence-corrected chi connectivity index (χ4v) is 4.37. The fourth-order valence-electron chi connectivity index (χ4n) is 3.42. The Balaban J connectivity index is 1.54. The van der Waals surface area contributed by atoms with Crippen molar-refractivity contribution < 1.29 is 9.53 Å². The van der Waals surface area contributed by atoms with Gasteiger partial charge in [-0.1, -0.05) is 47.5 Å². The number of fused-ring (bicyclic) bond motifs is 1. The summed E-state index contributed by atoms with van der Waals surface area (Å²) in [6.45, 7) is 3.98. The van der Waals surface area contributed by atoms with Crippen LogP contribution < -0.4 is 5.32 Å². The number of anilines is 2. The molecule has 3 aromatic heterocycles. The lowest BCUT2D eigenvalue weighted by molar-refractivity contribution is 0.0526. The molecule has 0 saturated carbocycles. The first kappa shape index (κ1) is 22.0. The summed E-state index contributed by atoms with van der Waals surface area (Å²) in [5.74, 6) is 0.531. The minimum Gasteiger partial charge on any atom is -0.462 e. The third-order valence-corrected chi connectivity index (χ3v) is 6.08. The van der Waals surface area contributed by atoms with E-state index in [2.05, 4.69) is 25.4 Å². The molecule has 0 aliphatic carbocycles. The van der Waals surface area contributed by atoms with Gasteiger partial charge < -0.3 is 10.1 Å². The first-order valence-electron chi connectivity index (χ1n) is 10.5. The molecule has 0 spiro atoms. The Morgan fingerprint density at radius 2 is 1.97 bits per heavy atom. The number of esters is 1. The molecule has 0 aliphatic rings. The summed E-state index contributed by atoms with van der Waals surface area (Å²) in [6.07, 6.45) is 1.46. The number of thiazole rings is 1. The maximum atomic E-state index is 12.5. The molecule has 0 fully saturated rings. The van der Waals surface area contributed by atoms with E-state index in [-0.39, 0.29) is 18.0 Å². The molecule has 0 unspecified atom stereocenters. The van der Waals surface area contributed by atoms with Gasteiger partial charge in [0.15, 0.2) is 11.6 Å². The third-order valence-electron chi connectivity index (χ3n) is 5.01. The van der Waals surface area contributed by atoms with Gasteiger partial charge in [-0.15, -0.1) is 16.4 Å². The van der Waals surface area contributed by atoms with Gasteiger partial charge in [0, 0.05) is 27.7 Å². The van der Waals surface area contributed by atoms with Crippen molar-refractivity contribution in [3.8, 4) is 22.6 Å². The summed E-state index contributed by atoms with van der Waals surface area (Å²) in [5, 5.41) is 10.3. The smallest absolute Gasteiger partial charge is 0.343 e. The Morgan fingerprint density at radius 1 is 1.15 bits per heavy atom. The predicted octanol–water partition coefficient (Wildman–Crippen LogP) is 5.80. The number of carbonyl (C=O) groups is 1. The average Bonchev–Trinajstić information content (AvgIpc) is 3.40. The molecule has 10 heteroatoms. The van der Waals surface area contributed by atoms with Gasteiger partial charge in [0.2, 0.25) is 10.9 Å². The van der Waals surface area contributed by atoms with E-state index in [1.165, 1.54) is 17.5 Å². The Kier molecular flexibility index (Phi) is 5.95. The standard InChI is InChI=1S/C24H19ClN6O2S/c1-3-33-22(32)18-12-26-20(16-6-4-5-14(2)11-16)27-21(18)28-23-29-24-31(30-23)19(13-34-24)15-7-9-17(25)10-8-15/h4-13H,3H2,1-2H3,(H,26,27,28,30). The molecule has 0 bridgehead atoms. The van der Waals surface area contributed by atoms with Gasteiger partial charge >= 0.3 is 5.97 Å². The first-order valence-corrected chi connectivity index (χ1v) is 11.8. The van der Waals surface area contributed by atoms with Crippen molar-refractivity contribution in [2.45, 2.75) is 13.8 Å². The molecule has 3 heterocycles. The van der Waals surface area contributed by atoms with Crippen molar-refractivity contribution in [2.75, 3.05) is 11.9 Å². The maximum Gasteiger partial charge on any atom is 0.343 e.